The van der Waals surface area contributed by atoms with E-state index in [1.165, 1.54) is 27.2 Å². The molecule has 2 rings (SSSR count). The van der Waals surface area contributed by atoms with E-state index in [9.17, 15) is 9.59 Å². The third-order valence-electron chi connectivity index (χ3n) is 3.54. The van der Waals surface area contributed by atoms with Crippen molar-refractivity contribution in [2.75, 3.05) is 19.5 Å². The normalized spacial score (nSPS) is 11.7. The summed E-state index contributed by atoms with van der Waals surface area (Å²) in [5.41, 5.74) is 1.22. The van der Waals surface area contributed by atoms with E-state index in [2.05, 4.69) is 5.32 Å². The highest BCUT2D eigenvalue weighted by Crippen LogP contribution is 2.23. The first-order valence-electron chi connectivity index (χ1n) is 8.09. The molecule has 0 spiro atoms. The first-order valence-corrected chi connectivity index (χ1v) is 8.47. The standard InChI is InChI=1S/C20H20ClNO5/c1-13(20(24)22-16-6-4-5-15(21)11-16)27-19(23)8-7-14-9-17(25-2)12-18(10-14)26-3/h4-13H,1-3H3,(H,22,24)/b8-7+/t13-/m1/s1. The SMILES string of the molecule is COc1cc(/C=C/C(=O)O[C@H](C)C(=O)Nc2cccc(Cl)c2)cc(OC)c1. The Bertz CT molecular complexity index is 828. The minimum Gasteiger partial charge on any atom is -0.497 e. The molecule has 0 unspecified atom stereocenters. The Balaban J connectivity index is 1.96. The second-order valence-corrected chi connectivity index (χ2v) is 5.99. The molecule has 0 heterocycles. The number of ether oxygens (including phenoxy) is 3. The van der Waals surface area contributed by atoms with Crippen LogP contribution < -0.4 is 14.8 Å². The topological polar surface area (TPSA) is 73.9 Å². The summed E-state index contributed by atoms with van der Waals surface area (Å²) >= 11 is 5.87. The lowest BCUT2D eigenvalue weighted by molar-refractivity contribution is -0.148. The van der Waals surface area contributed by atoms with Crippen LogP contribution in [0.3, 0.4) is 0 Å². The van der Waals surface area contributed by atoms with E-state index in [0.29, 0.717) is 27.8 Å². The van der Waals surface area contributed by atoms with Gasteiger partial charge in [-0.25, -0.2) is 4.79 Å². The Labute approximate surface area is 162 Å². The van der Waals surface area contributed by atoms with Crippen LogP contribution >= 0.6 is 11.6 Å². The largest absolute Gasteiger partial charge is 0.497 e. The highest BCUT2D eigenvalue weighted by atomic mass is 35.5. The van der Waals surface area contributed by atoms with Crippen molar-refractivity contribution >= 4 is 35.2 Å². The number of hydrogen-bond donors (Lipinski definition) is 1. The first-order chi connectivity index (χ1) is 12.9. The summed E-state index contributed by atoms with van der Waals surface area (Å²) in [6, 6.07) is 11.9. The summed E-state index contributed by atoms with van der Waals surface area (Å²) in [6.07, 6.45) is 1.81. The van der Waals surface area contributed by atoms with Gasteiger partial charge in [-0.15, -0.1) is 0 Å². The van der Waals surface area contributed by atoms with Crippen molar-refractivity contribution in [3.63, 3.8) is 0 Å². The average molecular weight is 390 g/mol. The number of methoxy groups -OCH3 is 2. The molecule has 0 aromatic heterocycles. The summed E-state index contributed by atoms with van der Waals surface area (Å²) < 4.78 is 15.5. The molecule has 0 fully saturated rings. The monoisotopic (exact) mass is 389 g/mol. The number of halogens is 1. The average Bonchev–Trinajstić information content (AvgIpc) is 2.66. The molecule has 0 radical (unpaired) electrons. The van der Waals surface area contributed by atoms with E-state index in [0.717, 1.165) is 0 Å². The van der Waals surface area contributed by atoms with Gasteiger partial charge in [0, 0.05) is 22.9 Å². The lowest BCUT2D eigenvalue weighted by Gasteiger charge is -2.12. The maximum atomic E-state index is 12.1. The molecule has 1 N–H and O–H groups in total. The van der Waals surface area contributed by atoms with Gasteiger partial charge in [0.2, 0.25) is 0 Å². The van der Waals surface area contributed by atoms with Crippen molar-refractivity contribution in [3.05, 3.63) is 59.1 Å². The maximum absolute atomic E-state index is 12.1. The van der Waals surface area contributed by atoms with Crippen LogP contribution in [0.15, 0.2) is 48.5 Å². The number of benzene rings is 2. The Morgan fingerprint density at radius 1 is 1.07 bits per heavy atom. The summed E-state index contributed by atoms with van der Waals surface area (Å²) in [7, 11) is 3.08. The van der Waals surface area contributed by atoms with Crippen LogP contribution in [0.5, 0.6) is 11.5 Å². The molecule has 2 aromatic carbocycles. The Morgan fingerprint density at radius 3 is 2.33 bits per heavy atom. The summed E-state index contributed by atoms with van der Waals surface area (Å²) in [6.45, 7) is 1.49. The number of carbonyl (C=O) groups excluding carboxylic acids is 2. The van der Waals surface area contributed by atoms with E-state index >= 15 is 0 Å². The van der Waals surface area contributed by atoms with E-state index in [-0.39, 0.29) is 0 Å². The Hall–Kier alpha value is -2.99. The van der Waals surface area contributed by atoms with Crippen LogP contribution in [0.4, 0.5) is 5.69 Å². The predicted molar refractivity (Wildman–Crippen MR) is 104 cm³/mol. The molecule has 0 saturated carbocycles. The molecule has 0 aliphatic heterocycles. The van der Waals surface area contributed by atoms with Crippen molar-refractivity contribution < 1.29 is 23.8 Å². The number of rotatable bonds is 7. The first kappa shape index (κ1) is 20.3. The number of anilines is 1. The summed E-state index contributed by atoms with van der Waals surface area (Å²) in [5.74, 6) is 0.0841. The van der Waals surface area contributed by atoms with Gasteiger partial charge < -0.3 is 19.5 Å². The molecule has 2 aromatic rings. The van der Waals surface area contributed by atoms with Crippen LogP contribution in [0.25, 0.3) is 6.08 Å². The lowest BCUT2D eigenvalue weighted by Crippen LogP contribution is -2.29. The highest BCUT2D eigenvalue weighted by molar-refractivity contribution is 6.30. The molecule has 27 heavy (non-hydrogen) atoms. The van der Waals surface area contributed by atoms with Crippen molar-refractivity contribution in [1.82, 2.24) is 0 Å². The van der Waals surface area contributed by atoms with Crippen molar-refractivity contribution in [2.45, 2.75) is 13.0 Å². The number of esters is 1. The zero-order chi connectivity index (χ0) is 19.8. The van der Waals surface area contributed by atoms with Gasteiger partial charge in [-0.05, 0) is 48.9 Å². The number of hydrogen-bond acceptors (Lipinski definition) is 5. The van der Waals surface area contributed by atoms with Crippen molar-refractivity contribution in [3.8, 4) is 11.5 Å². The maximum Gasteiger partial charge on any atom is 0.331 e. The van der Waals surface area contributed by atoms with E-state index < -0.39 is 18.0 Å². The molecule has 1 amide bonds. The zero-order valence-corrected chi connectivity index (χ0v) is 15.9. The highest BCUT2D eigenvalue weighted by Gasteiger charge is 2.16. The third-order valence-corrected chi connectivity index (χ3v) is 3.78. The van der Waals surface area contributed by atoms with Gasteiger partial charge in [0.15, 0.2) is 6.10 Å². The van der Waals surface area contributed by atoms with Gasteiger partial charge in [0.05, 0.1) is 14.2 Å². The summed E-state index contributed by atoms with van der Waals surface area (Å²) in [4.78, 5) is 24.1. The van der Waals surface area contributed by atoms with E-state index in [4.69, 9.17) is 25.8 Å². The van der Waals surface area contributed by atoms with Gasteiger partial charge in [0.25, 0.3) is 5.91 Å². The van der Waals surface area contributed by atoms with Crippen LogP contribution in [0.2, 0.25) is 5.02 Å². The van der Waals surface area contributed by atoms with Gasteiger partial charge in [-0.1, -0.05) is 17.7 Å². The Kier molecular flexibility index (Phi) is 7.25. The lowest BCUT2D eigenvalue weighted by atomic mass is 10.2. The van der Waals surface area contributed by atoms with Gasteiger partial charge in [-0.3, -0.25) is 4.79 Å². The molecule has 1 atom stereocenters. The summed E-state index contributed by atoms with van der Waals surface area (Å²) in [5, 5.41) is 3.13. The molecule has 0 saturated heterocycles. The van der Waals surface area contributed by atoms with Crippen molar-refractivity contribution in [2.24, 2.45) is 0 Å². The number of nitrogens with one attached hydrogen (secondary N) is 1. The fourth-order valence-electron chi connectivity index (χ4n) is 2.17. The molecule has 142 valence electrons. The van der Waals surface area contributed by atoms with E-state index in [1.54, 1.807) is 48.5 Å². The van der Waals surface area contributed by atoms with Crippen LogP contribution in [0.1, 0.15) is 12.5 Å². The second kappa shape index (κ2) is 9.64. The van der Waals surface area contributed by atoms with Crippen LogP contribution in [0, 0.1) is 0 Å². The minimum absolute atomic E-state index is 0.456. The molecule has 7 heteroatoms. The fourth-order valence-corrected chi connectivity index (χ4v) is 2.36. The minimum atomic E-state index is -0.971. The molecular formula is C20H20ClNO5. The van der Waals surface area contributed by atoms with Gasteiger partial charge >= 0.3 is 5.97 Å². The fraction of sp³-hybridized carbons (Fsp3) is 0.200. The quantitative estimate of drug-likeness (QED) is 0.573. The van der Waals surface area contributed by atoms with E-state index in [1.807, 2.05) is 0 Å². The Morgan fingerprint density at radius 2 is 1.74 bits per heavy atom. The van der Waals surface area contributed by atoms with Gasteiger partial charge in [0.1, 0.15) is 11.5 Å². The molecule has 0 bridgehead atoms. The smallest absolute Gasteiger partial charge is 0.331 e. The molecule has 0 aliphatic carbocycles. The molecular weight excluding hydrogens is 370 g/mol. The second-order valence-electron chi connectivity index (χ2n) is 5.56. The third kappa shape index (κ3) is 6.34. The zero-order valence-electron chi connectivity index (χ0n) is 15.2. The van der Waals surface area contributed by atoms with Gasteiger partial charge in [-0.2, -0.15) is 0 Å². The van der Waals surface area contributed by atoms with Crippen molar-refractivity contribution in [1.29, 1.82) is 0 Å². The number of amides is 1. The predicted octanol–water partition coefficient (Wildman–Crippen LogP) is 3.94. The molecule has 6 nitrogen and oxygen atoms in total. The van der Waals surface area contributed by atoms with Crippen LogP contribution in [-0.4, -0.2) is 32.2 Å². The number of carbonyl (C=O) groups is 2. The molecule has 0 aliphatic rings. The van der Waals surface area contributed by atoms with Crippen LogP contribution in [-0.2, 0) is 14.3 Å².